The van der Waals surface area contributed by atoms with Crippen LogP contribution in [0, 0.1) is 18.3 Å². The van der Waals surface area contributed by atoms with Crippen LogP contribution in [0.1, 0.15) is 18.1 Å². The van der Waals surface area contributed by atoms with Crippen molar-refractivity contribution in [2.75, 3.05) is 6.61 Å². The van der Waals surface area contributed by atoms with Gasteiger partial charge in [-0.2, -0.15) is 15.4 Å². The third-order valence-electron chi connectivity index (χ3n) is 2.56. The lowest BCUT2D eigenvalue weighted by Gasteiger charge is -2.04. The first-order chi connectivity index (χ1) is 9.26. The highest BCUT2D eigenvalue weighted by Crippen LogP contribution is 2.22. The van der Waals surface area contributed by atoms with Crippen molar-refractivity contribution in [1.82, 2.24) is 9.78 Å². The normalized spacial score (nSPS) is 10.6. The Morgan fingerprint density at radius 3 is 2.79 bits per heavy atom. The first kappa shape index (κ1) is 12.8. The van der Waals surface area contributed by atoms with Crippen molar-refractivity contribution in [3.05, 3.63) is 41.6 Å². The molecule has 0 aliphatic heterocycles. The van der Waals surface area contributed by atoms with Crippen molar-refractivity contribution >= 4 is 12.2 Å². The Bertz CT molecular complexity index is 620. The van der Waals surface area contributed by atoms with Gasteiger partial charge >= 0.3 is 0 Å². The highest BCUT2D eigenvalue weighted by Gasteiger charge is 2.10. The van der Waals surface area contributed by atoms with Crippen molar-refractivity contribution in [1.29, 1.82) is 5.26 Å². The summed E-state index contributed by atoms with van der Waals surface area (Å²) >= 11 is 0. The van der Waals surface area contributed by atoms with E-state index in [2.05, 4.69) is 16.2 Å². The SMILES string of the molecule is CCO/C=N/c1c(C#N)cnn1-c1ccc(C)cc1. The maximum atomic E-state index is 9.06. The fourth-order valence-corrected chi connectivity index (χ4v) is 1.58. The van der Waals surface area contributed by atoms with E-state index in [1.807, 2.05) is 38.1 Å². The summed E-state index contributed by atoms with van der Waals surface area (Å²) in [7, 11) is 0. The topological polar surface area (TPSA) is 63.2 Å². The lowest BCUT2D eigenvalue weighted by Crippen LogP contribution is -1.96. The average Bonchev–Trinajstić information content (AvgIpc) is 2.83. The van der Waals surface area contributed by atoms with Gasteiger partial charge in [0.05, 0.1) is 18.5 Å². The van der Waals surface area contributed by atoms with E-state index in [4.69, 9.17) is 10.00 Å². The predicted octanol–water partition coefficient (Wildman–Crippen LogP) is 2.75. The summed E-state index contributed by atoms with van der Waals surface area (Å²) < 4.78 is 6.69. The minimum absolute atomic E-state index is 0.413. The summed E-state index contributed by atoms with van der Waals surface area (Å²) in [6, 6.07) is 9.91. The second-order valence-electron chi connectivity index (χ2n) is 3.93. The van der Waals surface area contributed by atoms with E-state index in [1.165, 1.54) is 12.6 Å². The van der Waals surface area contributed by atoms with Gasteiger partial charge in [-0.3, -0.25) is 0 Å². The summed E-state index contributed by atoms with van der Waals surface area (Å²) in [5.41, 5.74) is 2.43. The lowest BCUT2D eigenvalue weighted by molar-refractivity contribution is 0.343. The standard InChI is InChI=1S/C14H14N4O/c1-3-19-10-16-14-12(8-15)9-17-18(14)13-6-4-11(2)5-7-13/h4-7,9-10H,3H2,1-2H3/b16-10+. The molecule has 0 N–H and O–H groups in total. The largest absolute Gasteiger partial charge is 0.483 e. The van der Waals surface area contributed by atoms with Crippen LogP contribution in [-0.2, 0) is 4.74 Å². The minimum atomic E-state index is 0.413. The van der Waals surface area contributed by atoms with Crippen LogP contribution in [0.25, 0.3) is 5.69 Å². The quantitative estimate of drug-likeness (QED) is 0.622. The van der Waals surface area contributed by atoms with Crippen LogP contribution in [0.15, 0.2) is 35.5 Å². The first-order valence-corrected chi connectivity index (χ1v) is 5.95. The van der Waals surface area contributed by atoms with Gasteiger partial charge in [-0.1, -0.05) is 17.7 Å². The Labute approximate surface area is 111 Å². The van der Waals surface area contributed by atoms with Crippen molar-refractivity contribution in [2.24, 2.45) is 4.99 Å². The number of aryl methyl sites for hydroxylation is 1. The summed E-state index contributed by atoms with van der Waals surface area (Å²) in [6.45, 7) is 4.42. The number of rotatable bonds is 4. The zero-order chi connectivity index (χ0) is 13.7. The highest BCUT2D eigenvalue weighted by atomic mass is 16.5. The minimum Gasteiger partial charge on any atom is -0.483 e. The smallest absolute Gasteiger partial charge is 0.176 e. The zero-order valence-corrected chi connectivity index (χ0v) is 10.9. The Morgan fingerprint density at radius 1 is 1.42 bits per heavy atom. The molecular formula is C14H14N4O. The van der Waals surface area contributed by atoms with E-state index in [0.717, 1.165) is 11.3 Å². The van der Waals surface area contributed by atoms with Gasteiger partial charge < -0.3 is 4.74 Å². The Hall–Kier alpha value is -2.61. The van der Waals surface area contributed by atoms with E-state index in [0.29, 0.717) is 18.0 Å². The summed E-state index contributed by atoms with van der Waals surface area (Å²) in [6.07, 6.45) is 2.83. The summed E-state index contributed by atoms with van der Waals surface area (Å²) in [5.74, 6) is 0.472. The van der Waals surface area contributed by atoms with Crippen LogP contribution in [0.3, 0.4) is 0 Å². The molecule has 0 radical (unpaired) electrons. The Balaban J connectivity index is 2.43. The molecular weight excluding hydrogens is 240 g/mol. The number of aliphatic imine (C=N–C) groups is 1. The fourth-order valence-electron chi connectivity index (χ4n) is 1.58. The Kier molecular flexibility index (Phi) is 3.94. The van der Waals surface area contributed by atoms with E-state index < -0.39 is 0 Å². The van der Waals surface area contributed by atoms with Crippen molar-refractivity contribution < 1.29 is 4.74 Å². The maximum Gasteiger partial charge on any atom is 0.176 e. The van der Waals surface area contributed by atoms with Gasteiger partial charge in [-0.15, -0.1) is 0 Å². The van der Waals surface area contributed by atoms with Crippen molar-refractivity contribution in [2.45, 2.75) is 13.8 Å². The fraction of sp³-hybridized carbons (Fsp3) is 0.214. The first-order valence-electron chi connectivity index (χ1n) is 5.95. The van der Waals surface area contributed by atoms with Gasteiger partial charge in [0.1, 0.15) is 11.6 Å². The molecule has 1 heterocycles. The van der Waals surface area contributed by atoms with Gasteiger partial charge in [0, 0.05) is 0 Å². The molecule has 2 rings (SSSR count). The third kappa shape index (κ3) is 2.80. The molecule has 0 saturated heterocycles. The Morgan fingerprint density at radius 2 is 2.16 bits per heavy atom. The van der Waals surface area contributed by atoms with E-state index in [-0.39, 0.29) is 0 Å². The number of ether oxygens (including phenoxy) is 1. The van der Waals surface area contributed by atoms with E-state index in [1.54, 1.807) is 4.68 Å². The number of hydrogen-bond donors (Lipinski definition) is 0. The average molecular weight is 254 g/mol. The molecule has 0 atom stereocenters. The molecule has 1 aromatic carbocycles. The van der Waals surface area contributed by atoms with Crippen molar-refractivity contribution in [3.8, 4) is 11.8 Å². The van der Waals surface area contributed by atoms with Gasteiger partial charge in [0.25, 0.3) is 0 Å². The second-order valence-corrected chi connectivity index (χ2v) is 3.93. The summed E-state index contributed by atoms with van der Waals surface area (Å²) in [4.78, 5) is 4.16. The van der Waals surface area contributed by atoms with Crippen LogP contribution < -0.4 is 0 Å². The molecule has 0 bridgehead atoms. The number of hydrogen-bond acceptors (Lipinski definition) is 4. The molecule has 0 amide bonds. The van der Waals surface area contributed by atoms with Crippen molar-refractivity contribution in [3.63, 3.8) is 0 Å². The molecule has 19 heavy (non-hydrogen) atoms. The number of benzene rings is 1. The molecule has 96 valence electrons. The zero-order valence-electron chi connectivity index (χ0n) is 10.9. The molecule has 0 fully saturated rings. The second kappa shape index (κ2) is 5.83. The monoisotopic (exact) mass is 254 g/mol. The van der Waals surface area contributed by atoms with Gasteiger partial charge in [0.15, 0.2) is 12.2 Å². The van der Waals surface area contributed by atoms with Gasteiger partial charge in [0.2, 0.25) is 0 Å². The number of aromatic nitrogens is 2. The molecule has 0 saturated carbocycles. The van der Waals surface area contributed by atoms with Crippen LogP contribution in [0.5, 0.6) is 0 Å². The molecule has 1 aromatic heterocycles. The maximum absolute atomic E-state index is 9.06. The molecule has 0 aliphatic rings. The van der Waals surface area contributed by atoms with E-state index >= 15 is 0 Å². The lowest BCUT2D eigenvalue weighted by atomic mass is 10.2. The predicted molar refractivity (Wildman–Crippen MR) is 72.8 cm³/mol. The number of nitrogens with zero attached hydrogens (tertiary/aromatic N) is 4. The van der Waals surface area contributed by atoms with Crippen LogP contribution >= 0.6 is 0 Å². The van der Waals surface area contributed by atoms with Crippen LogP contribution in [0.4, 0.5) is 5.82 Å². The van der Waals surface area contributed by atoms with Crippen LogP contribution in [0.2, 0.25) is 0 Å². The number of nitriles is 1. The molecule has 0 spiro atoms. The summed E-state index contributed by atoms with van der Waals surface area (Å²) in [5, 5.41) is 13.3. The van der Waals surface area contributed by atoms with Gasteiger partial charge in [-0.05, 0) is 26.0 Å². The molecule has 5 heteroatoms. The third-order valence-corrected chi connectivity index (χ3v) is 2.56. The highest BCUT2D eigenvalue weighted by molar-refractivity contribution is 5.60. The molecule has 2 aromatic rings. The van der Waals surface area contributed by atoms with Crippen LogP contribution in [-0.4, -0.2) is 22.8 Å². The molecule has 5 nitrogen and oxygen atoms in total. The molecule has 0 unspecified atom stereocenters. The molecule has 0 aliphatic carbocycles. The van der Waals surface area contributed by atoms with E-state index in [9.17, 15) is 0 Å². The van der Waals surface area contributed by atoms with Gasteiger partial charge in [-0.25, -0.2) is 4.68 Å².